The fourth-order valence-electron chi connectivity index (χ4n) is 2.80. The van der Waals surface area contributed by atoms with Crippen molar-refractivity contribution in [3.63, 3.8) is 0 Å². The predicted molar refractivity (Wildman–Crippen MR) is 63.9 cm³/mol. The van der Waals surface area contributed by atoms with Gasteiger partial charge in [-0.1, -0.05) is 13.8 Å². The molecule has 0 saturated heterocycles. The van der Waals surface area contributed by atoms with E-state index in [1.807, 2.05) is 13.8 Å². The van der Waals surface area contributed by atoms with E-state index in [4.69, 9.17) is 0 Å². The number of halogens is 3. The maximum atomic E-state index is 13.1. The van der Waals surface area contributed by atoms with Crippen molar-refractivity contribution in [1.29, 1.82) is 0 Å². The second-order valence-electron chi connectivity index (χ2n) is 5.25. The molecule has 0 aromatic heterocycles. The number of aromatic hydroxyl groups is 1. The van der Waals surface area contributed by atoms with Gasteiger partial charge in [0.15, 0.2) is 0 Å². The highest BCUT2D eigenvalue weighted by Crippen LogP contribution is 2.46. The molecule has 0 saturated carbocycles. The van der Waals surface area contributed by atoms with Crippen LogP contribution in [0.2, 0.25) is 0 Å². The second-order valence-corrected chi connectivity index (χ2v) is 5.25. The summed E-state index contributed by atoms with van der Waals surface area (Å²) in [5.41, 5.74) is 1.70. The molecule has 0 amide bonds. The number of phenols is 1. The first-order chi connectivity index (χ1) is 8.30. The first-order valence-corrected chi connectivity index (χ1v) is 6.23. The highest BCUT2D eigenvalue weighted by molar-refractivity contribution is 5.47. The Kier molecular flexibility index (Phi) is 3.30. The zero-order valence-electron chi connectivity index (χ0n) is 10.5. The molecule has 0 bridgehead atoms. The van der Waals surface area contributed by atoms with E-state index >= 15 is 0 Å². The van der Waals surface area contributed by atoms with Gasteiger partial charge in [0.1, 0.15) is 5.75 Å². The molecule has 2 rings (SSSR count). The van der Waals surface area contributed by atoms with Crippen LogP contribution in [0, 0.1) is 0 Å². The maximum Gasteiger partial charge on any atom is 0.395 e. The van der Waals surface area contributed by atoms with Gasteiger partial charge in [-0.15, -0.1) is 0 Å². The Bertz CT molecular complexity index is 449. The van der Waals surface area contributed by atoms with Gasteiger partial charge in [0.25, 0.3) is 0 Å². The van der Waals surface area contributed by atoms with Gasteiger partial charge in [-0.05, 0) is 54.0 Å². The number of hydrogen-bond donors (Lipinski definition) is 1. The van der Waals surface area contributed by atoms with Gasteiger partial charge in [0.05, 0.1) is 5.92 Å². The van der Waals surface area contributed by atoms with E-state index in [2.05, 4.69) is 0 Å². The molecule has 0 fully saturated rings. The largest absolute Gasteiger partial charge is 0.508 e. The molecule has 0 heterocycles. The number of fused-ring (bicyclic) bond motifs is 1. The molecule has 1 aliphatic carbocycles. The Morgan fingerprint density at radius 2 is 1.94 bits per heavy atom. The summed E-state index contributed by atoms with van der Waals surface area (Å²) in [4.78, 5) is 0. The maximum absolute atomic E-state index is 13.1. The van der Waals surface area contributed by atoms with Crippen molar-refractivity contribution >= 4 is 0 Å². The van der Waals surface area contributed by atoms with Gasteiger partial charge < -0.3 is 5.11 Å². The minimum Gasteiger partial charge on any atom is -0.508 e. The molecule has 1 aromatic rings. The second kappa shape index (κ2) is 4.48. The monoisotopic (exact) mass is 258 g/mol. The Labute approximate surface area is 105 Å². The molecule has 0 radical (unpaired) electrons. The molecule has 0 spiro atoms. The van der Waals surface area contributed by atoms with Gasteiger partial charge in [0, 0.05) is 0 Å². The van der Waals surface area contributed by atoms with Crippen molar-refractivity contribution in [3.05, 3.63) is 28.8 Å². The van der Waals surface area contributed by atoms with Crippen LogP contribution in [-0.2, 0) is 6.42 Å². The van der Waals surface area contributed by atoms with E-state index in [0.717, 1.165) is 0 Å². The summed E-state index contributed by atoms with van der Waals surface area (Å²) in [5.74, 6) is -1.33. The SMILES string of the molecule is CC(C)c1cc(O)cc2c1C(C(F)(F)F)CCC2. The first kappa shape index (κ1) is 13.2. The molecular weight excluding hydrogens is 241 g/mol. The van der Waals surface area contributed by atoms with Gasteiger partial charge in [-0.2, -0.15) is 13.2 Å². The van der Waals surface area contributed by atoms with Gasteiger partial charge in [-0.25, -0.2) is 0 Å². The fraction of sp³-hybridized carbons (Fsp3) is 0.571. The van der Waals surface area contributed by atoms with Crippen molar-refractivity contribution < 1.29 is 18.3 Å². The topological polar surface area (TPSA) is 20.2 Å². The lowest BCUT2D eigenvalue weighted by Crippen LogP contribution is -2.26. The number of rotatable bonds is 1. The van der Waals surface area contributed by atoms with Crippen molar-refractivity contribution in [1.82, 2.24) is 0 Å². The number of alkyl halides is 3. The molecule has 1 N–H and O–H groups in total. The zero-order valence-corrected chi connectivity index (χ0v) is 10.5. The third-order valence-electron chi connectivity index (χ3n) is 3.59. The molecule has 1 atom stereocenters. The number of aryl methyl sites for hydroxylation is 1. The van der Waals surface area contributed by atoms with Gasteiger partial charge in [-0.3, -0.25) is 0 Å². The van der Waals surface area contributed by atoms with Crippen molar-refractivity contribution in [2.45, 2.75) is 51.1 Å². The average molecular weight is 258 g/mol. The molecule has 100 valence electrons. The molecule has 1 nitrogen and oxygen atoms in total. The summed E-state index contributed by atoms with van der Waals surface area (Å²) in [6.07, 6.45) is -2.90. The van der Waals surface area contributed by atoms with Gasteiger partial charge in [0.2, 0.25) is 0 Å². The first-order valence-electron chi connectivity index (χ1n) is 6.23. The summed E-state index contributed by atoms with van der Waals surface area (Å²) in [6.45, 7) is 3.72. The van der Waals surface area contributed by atoms with E-state index in [-0.39, 0.29) is 18.1 Å². The quantitative estimate of drug-likeness (QED) is 0.786. The Morgan fingerprint density at radius 1 is 1.28 bits per heavy atom. The summed E-state index contributed by atoms with van der Waals surface area (Å²) >= 11 is 0. The molecule has 0 aliphatic heterocycles. The summed E-state index contributed by atoms with van der Waals surface area (Å²) in [6, 6.07) is 2.96. The van der Waals surface area contributed by atoms with E-state index in [9.17, 15) is 18.3 Å². The lowest BCUT2D eigenvalue weighted by molar-refractivity contribution is -0.153. The third kappa shape index (κ3) is 2.33. The molecule has 1 aromatic carbocycles. The van der Waals surface area contributed by atoms with Crippen molar-refractivity contribution in [2.24, 2.45) is 0 Å². The lowest BCUT2D eigenvalue weighted by Gasteiger charge is -2.31. The van der Waals surface area contributed by atoms with Crippen LogP contribution < -0.4 is 0 Å². The van der Waals surface area contributed by atoms with E-state index in [1.54, 1.807) is 0 Å². The molecule has 4 heteroatoms. The van der Waals surface area contributed by atoms with Crippen LogP contribution >= 0.6 is 0 Å². The normalized spacial score (nSPS) is 20.0. The van der Waals surface area contributed by atoms with Gasteiger partial charge >= 0.3 is 6.18 Å². The molecule has 18 heavy (non-hydrogen) atoms. The Balaban J connectivity index is 2.61. The van der Waals surface area contributed by atoms with Crippen LogP contribution in [0.3, 0.4) is 0 Å². The number of hydrogen-bond acceptors (Lipinski definition) is 1. The third-order valence-corrected chi connectivity index (χ3v) is 3.59. The van der Waals surface area contributed by atoms with Crippen LogP contribution in [0.1, 0.15) is 55.2 Å². The zero-order chi connectivity index (χ0) is 13.5. The number of benzene rings is 1. The highest BCUT2D eigenvalue weighted by Gasteiger charge is 2.44. The number of phenolic OH excluding ortho intramolecular Hbond substituents is 1. The average Bonchev–Trinajstić information content (AvgIpc) is 2.25. The minimum absolute atomic E-state index is 0.0196. The van der Waals surface area contributed by atoms with E-state index < -0.39 is 12.1 Å². The molecular formula is C14H17F3O. The fourth-order valence-corrected chi connectivity index (χ4v) is 2.80. The minimum atomic E-state index is -4.20. The van der Waals surface area contributed by atoms with E-state index in [1.165, 1.54) is 12.1 Å². The Morgan fingerprint density at radius 3 is 2.50 bits per heavy atom. The summed E-state index contributed by atoms with van der Waals surface area (Å²) in [5, 5.41) is 9.63. The smallest absolute Gasteiger partial charge is 0.395 e. The lowest BCUT2D eigenvalue weighted by atomic mass is 9.77. The van der Waals surface area contributed by atoms with Crippen LogP contribution in [0.4, 0.5) is 13.2 Å². The van der Waals surface area contributed by atoms with Crippen LogP contribution in [-0.4, -0.2) is 11.3 Å². The predicted octanol–water partition coefficient (Wildman–Crippen LogP) is 4.50. The van der Waals surface area contributed by atoms with Crippen LogP contribution in [0.25, 0.3) is 0 Å². The van der Waals surface area contributed by atoms with Crippen molar-refractivity contribution in [2.75, 3.05) is 0 Å². The standard InChI is InChI=1S/C14H17F3O/c1-8(2)11-7-10(18)6-9-4-3-5-12(13(9)11)14(15,16)17/h6-8,12,18H,3-5H2,1-2H3. The van der Waals surface area contributed by atoms with Crippen LogP contribution in [0.15, 0.2) is 12.1 Å². The van der Waals surface area contributed by atoms with E-state index in [0.29, 0.717) is 29.5 Å². The van der Waals surface area contributed by atoms with Crippen molar-refractivity contribution in [3.8, 4) is 5.75 Å². The molecule has 1 unspecified atom stereocenters. The summed E-state index contributed by atoms with van der Waals surface area (Å²) in [7, 11) is 0. The molecule has 1 aliphatic rings. The summed E-state index contributed by atoms with van der Waals surface area (Å²) < 4.78 is 39.3. The highest BCUT2D eigenvalue weighted by atomic mass is 19.4. The Hall–Kier alpha value is -1.19. The van der Waals surface area contributed by atoms with Crippen LogP contribution in [0.5, 0.6) is 5.75 Å².